The second-order valence-corrected chi connectivity index (χ2v) is 4.48. The summed E-state index contributed by atoms with van der Waals surface area (Å²) in [4.78, 5) is 0. The summed E-state index contributed by atoms with van der Waals surface area (Å²) < 4.78 is 5.41. The molecule has 0 atom stereocenters. The summed E-state index contributed by atoms with van der Waals surface area (Å²) in [6, 6.07) is 0. The fourth-order valence-corrected chi connectivity index (χ4v) is 2.72. The van der Waals surface area contributed by atoms with Gasteiger partial charge in [0.1, 0.15) is 10.5 Å². The van der Waals surface area contributed by atoms with Gasteiger partial charge < -0.3 is 4.43 Å². The third-order valence-electron chi connectivity index (χ3n) is 2.29. The number of rotatable bonds is 2. The van der Waals surface area contributed by atoms with Crippen LogP contribution in [0.1, 0.15) is 25.7 Å². The van der Waals surface area contributed by atoms with Crippen molar-refractivity contribution in [2.75, 3.05) is 6.26 Å². The Labute approximate surface area is 70.5 Å². The summed E-state index contributed by atoms with van der Waals surface area (Å²) in [6.07, 6.45) is 8.17. The first-order valence-electron chi connectivity index (χ1n) is 3.92. The smallest absolute Gasteiger partial charge is 0.146 e. The van der Waals surface area contributed by atoms with E-state index in [1.54, 1.807) is 0 Å². The molecule has 60 valence electrons. The molecule has 10 heavy (non-hydrogen) atoms. The van der Waals surface area contributed by atoms with E-state index >= 15 is 0 Å². The Hall–Kier alpha value is 0.527. The summed E-state index contributed by atoms with van der Waals surface area (Å²) in [5.41, 5.74) is 0. The van der Waals surface area contributed by atoms with Gasteiger partial charge in [0.15, 0.2) is 0 Å². The topological polar surface area (TPSA) is 9.23 Å². The minimum absolute atomic E-state index is 0.620. The third-order valence-corrected chi connectivity index (χ3v) is 4.09. The lowest BCUT2D eigenvalue weighted by atomic mass is 9.97. The van der Waals surface area contributed by atoms with Crippen molar-refractivity contribution < 1.29 is 4.43 Å². The average molecular weight is 176 g/mol. The van der Waals surface area contributed by atoms with Gasteiger partial charge in [0, 0.05) is 11.4 Å². The van der Waals surface area contributed by atoms with Gasteiger partial charge in [-0.2, -0.15) is 11.8 Å². The molecule has 0 amide bonds. The molecule has 0 bridgehead atoms. The molecule has 0 unspecified atom stereocenters. The lowest BCUT2D eigenvalue weighted by Crippen LogP contribution is -2.21. The van der Waals surface area contributed by atoms with Gasteiger partial charge in [0.2, 0.25) is 0 Å². The fourth-order valence-electron chi connectivity index (χ4n) is 1.50. The Morgan fingerprint density at radius 2 is 1.90 bits per heavy atom. The largest absolute Gasteiger partial charge is 0.425 e. The van der Waals surface area contributed by atoms with Crippen LogP contribution in [0.25, 0.3) is 0 Å². The van der Waals surface area contributed by atoms with Gasteiger partial charge in [-0.1, -0.05) is 0 Å². The second-order valence-electron chi connectivity index (χ2n) is 2.87. The van der Waals surface area contributed by atoms with Crippen LogP contribution >= 0.6 is 11.8 Å². The Morgan fingerprint density at radius 1 is 1.30 bits per heavy atom. The molecular weight excluding hydrogens is 160 g/mol. The second kappa shape index (κ2) is 4.41. The maximum atomic E-state index is 5.41. The van der Waals surface area contributed by atoms with Crippen molar-refractivity contribution in [3.63, 3.8) is 0 Å². The highest BCUT2D eigenvalue weighted by Crippen LogP contribution is 2.27. The first-order chi connectivity index (χ1) is 4.86. The van der Waals surface area contributed by atoms with Crippen LogP contribution in [-0.2, 0) is 4.43 Å². The van der Waals surface area contributed by atoms with Gasteiger partial charge in [-0.15, -0.1) is 0 Å². The van der Waals surface area contributed by atoms with Gasteiger partial charge >= 0.3 is 0 Å². The van der Waals surface area contributed by atoms with E-state index in [9.17, 15) is 0 Å². The van der Waals surface area contributed by atoms with E-state index < -0.39 is 0 Å². The molecule has 0 aromatic rings. The molecule has 1 aliphatic rings. The van der Waals surface area contributed by atoms with E-state index in [0.717, 1.165) is 15.7 Å². The van der Waals surface area contributed by atoms with E-state index in [2.05, 4.69) is 6.26 Å². The van der Waals surface area contributed by atoms with Gasteiger partial charge in [-0.05, 0) is 31.9 Å². The van der Waals surface area contributed by atoms with E-state index in [-0.39, 0.29) is 0 Å². The van der Waals surface area contributed by atoms with Crippen molar-refractivity contribution in [3.8, 4) is 0 Å². The van der Waals surface area contributed by atoms with Crippen LogP contribution in [0.5, 0.6) is 0 Å². The maximum Gasteiger partial charge on any atom is 0.146 e. The van der Waals surface area contributed by atoms with Gasteiger partial charge in [0.25, 0.3) is 0 Å². The maximum absolute atomic E-state index is 5.41. The van der Waals surface area contributed by atoms with Crippen LogP contribution in [0.4, 0.5) is 0 Å². The molecule has 0 N–H and O–H groups in total. The predicted molar refractivity (Wildman–Crippen MR) is 50.6 cm³/mol. The van der Waals surface area contributed by atoms with Crippen molar-refractivity contribution in [3.05, 3.63) is 0 Å². The van der Waals surface area contributed by atoms with Crippen LogP contribution in [0.3, 0.4) is 0 Å². The molecule has 1 aliphatic carbocycles. The van der Waals surface area contributed by atoms with Gasteiger partial charge in [-0.25, -0.2) is 0 Å². The van der Waals surface area contributed by atoms with Crippen LogP contribution in [0.15, 0.2) is 0 Å². The summed E-state index contributed by atoms with van der Waals surface area (Å²) >= 11 is 2.01. The summed E-state index contributed by atoms with van der Waals surface area (Å²) in [6.45, 7) is 0. The average Bonchev–Trinajstić information content (AvgIpc) is 2.05. The van der Waals surface area contributed by atoms with Gasteiger partial charge in [0.05, 0.1) is 0 Å². The standard InChI is InChI=1S/C7H16OSSi/c1-9-7-4-2-6(8-10)3-5-7/h6-7H,2-5H2,1,10H3. The number of thioether (sulfide) groups is 1. The molecule has 1 rings (SSSR count). The molecule has 0 heterocycles. The molecule has 0 saturated heterocycles. The summed E-state index contributed by atoms with van der Waals surface area (Å²) in [5.74, 6) is 0. The van der Waals surface area contributed by atoms with E-state index in [1.807, 2.05) is 11.8 Å². The molecule has 0 radical (unpaired) electrons. The molecule has 3 heteroatoms. The Morgan fingerprint density at radius 3 is 2.30 bits per heavy atom. The SMILES string of the molecule is CSC1CCC(O[SiH3])CC1. The van der Waals surface area contributed by atoms with E-state index in [4.69, 9.17) is 4.43 Å². The molecule has 1 nitrogen and oxygen atoms in total. The third kappa shape index (κ3) is 2.29. The van der Waals surface area contributed by atoms with Crippen LogP contribution in [0.2, 0.25) is 0 Å². The molecule has 1 fully saturated rings. The summed E-state index contributed by atoms with van der Waals surface area (Å²) in [5, 5.41) is 0.924. The highest BCUT2D eigenvalue weighted by Gasteiger charge is 2.18. The quantitative estimate of drug-likeness (QED) is 0.580. The first-order valence-corrected chi connectivity index (χ1v) is 6.03. The number of hydrogen-bond acceptors (Lipinski definition) is 2. The lowest BCUT2D eigenvalue weighted by molar-refractivity contribution is 0.172. The van der Waals surface area contributed by atoms with Crippen LogP contribution in [0, 0.1) is 0 Å². The molecule has 0 aromatic heterocycles. The number of hydrogen-bond donors (Lipinski definition) is 0. The lowest BCUT2D eigenvalue weighted by Gasteiger charge is -2.26. The van der Waals surface area contributed by atoms with Crippen LogP contribution < -0.4 is 0 Å². The molecule has 0 aromatic carbocycles. The first kappa shape index (κ1) is 8.62. The zero-order valence-corrected chi connectivity index (χ0v) is 9.62. The van der Waals surface area contributed by atoms with Crippen molar-refractivity contribution in [2.45, 2.75) is 37.0 Å². The molecule has 1 saturated carbocycles. The zero-order chi connectivity index (χ0) is 7.40. The fraction of sp³-hybridized carbons (Fsp3) is 1.00. The molecular formula is C7H16OSSi. The van der Waals surface area contributed by atoms with Gasteiger partial charge in [-0.3, -0.25) is 0 Å². The minimum Gasteiger partial charge on any atom is -0.425 e. The monoisotopic (exact) mass is 176 g/mol. The molecule has 0 aliphatic heterocycles. The zero-order valence-electron chi connectivity index (χ0n) is 6.80. The Bertz CT molecular complexity index is 79.6. The highest BCUT2D eigenvalue weighted by molar-refractivity contribution is 7.99. The predicted octanol–water partition coefficient (Wildman–Crippen LogP) is 0.958. The van der Waals surface area contributed by atoms with Crippen molar-refractivity contribution in [1.29, 1.82) is 0 Å². The minimum atomic E-state index is 0.620. The Kier molecular flexibility index (Phi) is 3.81. The normalized spacial score (nSPS) is 34.5. The Balaban J connectivity index is 2.17. The van der Waals surface area contributed by atoms with Crippen molar-refractivity contribution in [1.82, 2.24) is 0 Å². The molecule has 0 spiro atoms. The van der Waals surface area contributed by atoms with Crippen LogP contribution in [-0.4, -0.2) is 28.1 Å². The highest BCUT2D eigenvalue weighted by atomic mass is 32.2. The van der Waals surface area contributed by atoms with Crippen molar-refractivity contribution >= 4 is 22.2 Å². The van der Waals surface area contributed by atoms with E-state index in [0.29, 0.717) is 6.10 Å². The van der Waals surface area contributed by atoms with E-state index in [1.165, 1.54) is 25.7 Å². The van der Waals surface area contributed by atoms with Crippen molar-refractivity contribution in [2.24, 2.45) is 0 Å². The summed E-state index contributed by atoms with van der Waals surface area (Å²) in [7, 11) is 0.918.